The summed E-state index contributed by atoms with van der Waals surface area (Å²) in [5.41, 5.74) is 0.916. The molecule has 2 unspecified atom stereocenters. The third kappa shape index (κ3) is 3.37. The van der Waals surface area contributed by atoms with Gasteiger partial charge in [0.1, 0.15) is 11.5 Å². The number of nitrogens with zero attached hydrogens (tertiary/aromatic N) is 1. The molecular weight excluding hydrogens is 228 g/mol. The highest BCUT2D eigenvalue weighted by molar-refractivity contribution is 5.37. The number of likely N-dealkylation sites (tertiary alicyclic amines) is 1. The van der Waals surface area contributed by atoms with Gasteiger partial charge < -0.3 is 20.4 Å². The van der Waals surface area contributed by atoms with Crippen molar-refractivity contribution in [3.63, 3.8) is 0 Å². The van der Waals surface area contributed by atoms with Crippen molar-refractivity contribution in [1.29, 1.82) is 0 Å². The van der Waals surface area contributed by atoms with Crippen LogP contribution in [0.15, 0.2) is 18.2 Å². The standard InChI is InChI=1S/C14H22N2O2/c1-10(12-5-13(17)7-14(18)6-12)15-8-11-3-4-16(2)9-11/h5-7,10-11,15,17-18H,3-4,8-9H2,1-2H3. The third-order valence-corrected chi connectivity index (χ3v) is 3.63. The first-order valence-corrected chi connectivity index (χ1v) is 6.49. The maximum Gasteiger partial charge on any atom is 0.119 e. The lowest BCUT2D eigenvalue weighted by molar-refractivity contribution is 0.381. The van der Waals surface area contributed by atoms with Gasteiger partial charge in [-0.25, -0.2) is 0 Å². The normalized spacial score (nSPS) is 22.2. The molecule has 0 bridgehead atoms. The second-order valence-electron chi connectivity index (χ2n) is 5.33. The van der Waals surface area contributed by atoms with Crippen LogP contribution in [0.4, 0.5) is 0 Å². The summed E-state index contributed by atoms with van der Waals surface area (Å²) in [5.74, 6) is 0.918. The largest absolute Gasteiger partial charge is 0.508 e. The lowest BCUT2D eigenvalue weighted by atomic mass is 10.1. The molecule has 1 aromatic rings. The molecule has 1 heterocycles. The Balaban J connectivity index is 1.89. The highest BCUT2D eigenvalue weighted by Crippen LogP contribution is 2.25. The van der Waals surface area contributed by atoms with Gasteiger partial charge in [-0.05, 0) is 57.1 Å². The molecule has 2 atom stereocenters. The zero-order chi connectivity index (χ0) is 13.1. The maximum atomic E-state index is 9.46. The molecule has 1 aromatic carbocycles. The van der Waals surface area contributed by atoms with Gasteiger partial charge in [-0.3, -0.25) is 0 Å². The van der Waals surface area contributed by atoms with Crippen LogP contribution in [0.3, 0.4) is 0 Å². The second kappa shape index (κ2) is 5.59. The van der Waals surface area contributed by atoms with E-state index in [9.17, 15) is 10.2 Å². The Kier molecular flexibility index (Phi) is 4.09. The van der Waals surface area contributed by atoms with Crippen molar-refractivity contribution in [2.75, 3.05) is 26.7 Å². The van der Waals surface area contributed by atoms with Crippen LogP contribution in [0.2, 0.25) is 0 Å². The summed E-state index contributed by atoms with van der Waals surface area (Å²) < 4.78 is 0. The van der Waals surface area contributed by atoms with Crippen LogP contribution in [0.1, 0.15) is 24.9 Å². The van der Waals surface area contributed by atoms with Gasteiger partial charge in [0.05, 0.1) is 0 Å². The van der Waals surface area contributed by atoms with Gasteiger partial charge >= 0.3 is 0 Å². The molecule has 100 valence electrons. The van der Waals surface area contributed by atoms with Crippen molar-refractivity contribution in [2.45, 2.75) is 19.4 Å². The third-order valence-electron chi connectivity index (χ3n) is 3.63. The zero-order valence-corrected chi connectivity index (χ0v) is 11.1. The zero-order valence-electron chi connectivity index (χ0n) is 11.1. The number of hydrogen-bond acceptors (Lipinski definition) is 4. The van der Waals surface area contributed by atoms with Gasteiger partial charge in [0.25, 0.3) is 0 Å². The minimum Gasteiger partial charge on any atom is -0.508 e. The summed E-state index contributed by atoms with van der Waals surface area (Å²) in [7, 11) is 2.15. The molecule has 4 nitrogen and oxygen atoms in total. The molecule has 18 heavy (non-hydrogen) atoms. The van der Waals surface area contributed by atoms with Crippen molar-refractivity contribution in [1.82, 2.24) is 10.2 Å². The first-order chi connectivity index (χ1) is 8.54. The Labute approximate surface area is 108 Å². The van der Waals surface area contributed by atoms with Gasteiger partial charge in [-0.2, -0.15) is 0 Å². The number of phenolic OH excluding ortho intramolecular Hbond substituents is 2. The molecule has 0 aliphatic carbocycles. The van der Waals surface area contributed by atoms with Crippen molar-refractivity contribution in [2.24, 2.45) is 5.92 Å². The average molecular weight is 250 g/mol. The Morgan fingerprint density at radius 2 is 2.00 bits per heavy atom. The van der Waals surface area contributed by atoms with Crippen LogP contribution in [-0.2, 0) is 0 Å². The molecule has 1 saturated heterocycles. The van der Waals surface area contributed by atoms with Crippen LogP contribution in [-0.4, -0.2) is 41.8 Å². The summed E-state index contributed by atoms with van der Waals surface area (Å²) in [6, 6.07) is 4.87. The van der Waals surface area contributed by atoms with Crippen molar-refractivity contribution < 1.29 is 10.2 Å². The summed E-state index contributed by atoms with van der Waals surface area (Å²) in [5, 5.41) is 22.4. The van der Waals surface area contributed by atoms with Gasteiger partial charge in [-0.15, -0.1) is 0 Å². The molecule has 3 N–H and O–H groups in total. The summed E-state index contributed by atoms with van der Waals surface area (Å²) in [6.07, 6.45) is 1.24. The number of nitrogens with one attached hydrogen (secondary N) is 1. The van der Waals surface area contributed by atoms with E-state index in [1.807, 2.05) is 6.92 Å². The van der Waals surface area contributed by atoms with Crippen molar-refractivity contribution in [3.8, 4) is 11.5 Å². The Morgan fingerprint density at radius 3 is 2.56 bits per heavy atom. The van der Waals surface area contributed by atoms with E-state index in [-0.39, 0.29) is 17.5 Å². The van der Waals surface area contributed by atoms with Gasteiger partial charge in [-0.1, -0.05) is 0 Å². The topological polar surface area (TPSA) is 55.7 Å². The van der Waals surface area contributed by atoms with Crippen LogP contribution in [0, 0.1) is 5.92 Å². The molecule has 0 saturated carbocycles. The first-order valence-electron chi connectivity index (χ1n) is 6.49. The van der Waals surface area contributed by atoms with Crippen LogP contribution in [0.25, 0.3) is 0 Å². The molecule has 0 spiro atoms. The monoisotopic (exact) mass is 250 g/mol. The smallest absolute Gasteiger partial charge is 0.119 e. The van der Waals surface area contributed by atoms with Crippen LogP contribution < -0.4 is 5.32 Å². The number of phenols is 2. The van der Waals surface area contributed by atoms with Gasteiger partial charge in [0.15, 0.2) is 0 Å². The molecule has 0 amide bonds. The highest BCUT2D eigenvalue weighted by atomic mass is 16.3. The fraction of sp³-hybridized carbons (Fsp3) is 0.571. The lowest BCUT2D eigenvalue weighted by Gasteiger charge is -2.18. The molecule has 1 aliphatic rings. The molecule has 0 radical (unpaired) electrons. The fourth-order valence-corrected chi connectivity index (χ4v) is 2.52. The summed E-state index contributed by atoms with van der Waals surface area (Å²) >= 11 is 0. The molecule has 1 aliphatic heterocycles. The van der Waals surface area contributed by atoms with E-state index in [0.29, 0.717) is 5.92 Å². The molecular formula is C14H22N2O2. The second-order valence-corrected chi connectivity index (χ2v) is 5.33. The van der Waals surface area contributed by atoms with Crippen molar-refractivity contribution >= 4 is 0 Å². The van der Waals surface area contributed by atoms with Crippen LogP contribution in [0.5, 0.6) is 11.5 Å². The van der Waals surface area contributed by atoms with Crippen LogP contribution >= 0.6 is 0 Å². The molecule has 1 fully saturated rings. The fourth-order valence-electron chi connectivity index (χ4n) is 2.52. The van der Waals surface area contributed by atoms with E-state index in [1.54, 1.807) is 12.1 Å². The van der Waals surface area contributed by atoms with E-state index < -0.39 is 0 Å². The Bertz CT molecular complexity index is 389. The molecule has 4 heteroatoms. The minimum absolute atomic E-state index is 0.110. The van der Waals surface area contributed by atoms with E-state index in [1.165, 1.54) is 19.0 Å². The SMILES string of the molecule is CC(NCC1CCN(C)C1)c1cc(O)cc(O)c1. The van der Waals surface area contributed by atoms with E-state index in [2.05, 4.69) is 17.3 Å². The number of benzene rings is 1. The predicted octanol–water partition coefficient (Wildman–Crippen LogP) is 1.70. The quantitative estimate of drug-likeness (QED) is 0.761. The van der Waals surface area contributed by atoms with E-state index in [0.717, 1.165) is 18.7 Å². The highest BCUT2D eigenvalue weighted by Gasteiger charge is 2.19. The Morgan fingerprint density at radius 1 is 1.33 bits per heavy atom. The van der Waals surface area contributed by atoms with Gasteiger partial charge in [0, 0.05) is 18.7 Å². The number of aromatic hydroxyl groups is 2. The van der Waals surface area contributed by atoms with Crippen molar-refractivity contribution in [3.05, 3.63) is 23.8 Å². The van der Waals surface area contributed by atoms with E-state index in [4.69, 9.17) is 0 Å². The molecule has 0 aromatic heterocycles. The van der Waals surface area contributed by atoms with Gasteiger partial charge in [0.2, 0.25) is 0 Å². The summed E-state index contributed by atoms with van der Waals surface area (Å²) in [6.45, 7) is 5.34. The summed E-state index contributed by atoms with van der Waals surface area (Å²) in [4.78, 5) is 2.34. The lowest BCUT2D eigenvalue weighted by Crippen LogP contribution is -2.27. The number of rotatable bonds is 4. The predicted molar refractivity (Wildman–Crippen MR) is 71.8 cm³/mol. The Hall–Kier alpha value is -1.26. The van der Waals surface area contributed by atoms with E-state index >= 15 is 0 Å². The molecule has 2 rings (SSSR count). The maximum absolute atomic E-state index is 9.46. The minimum atomic E-state index is 0.110. The first kappa shape index (κ1) is 13.2. The average Bonchev–Trinajstić information content (AvgIpc) is 2.70. The number of hydrogen-bond donors (Lipinski definition) is 3.